The number of morpholine rings is 1. The van der Waals surface area contributed by atoms with Crippen LogP contribution >= 0.6 is 0 Å². The van der Waals surface area contributed by atoms with E-state index < -0.39 is 5.82 Å². The Balaban J connectivity index is 1.12. The van der Waals surface area contributed by atoms with Gasteiger partial charge in [0.25, 0.3) is 5.95 Å². The molecule has 0 unspecified atom stereocenters. The first-order valence-corrected chi connectivity index (χ1v) is 12.0. The van der Waals surface area contributed by atoms with E-state index in [0.29, 0.717) is 50.6 Å². The average Bonchev–Trinajstić information content (AvgIpc) is 3.58. The van der Waals surface area contributed by atoms with Gasteiger partial charge in [0.05, 0.1) is 35.9 Å². The molecule has 184 valence electrons. The van der Waals surface area contributed by atoms with Gasteiger partial charge < -0.3 is 9.64 Å². The summed E-state index contributed by atoms with van der Waals surface area (Å²) in [4.78, 5) is 26.7. The van der Waals surface area contributed by atoms with E-state index in [9.17, 15) is 14.4 Å². The number of aromatic nitrogens is 6. The summed E-state index contributed by atoms with van der Waals surface area (Å²) in [6, 6.07) is 5.09. The third kappa shape index (κ3) is 3.81. The minimum absolute atomic E-state index is 0.0690. The first kappa shape index (κ1) is 22.6. The van der Waals surface area contributed by atoms with Crippen LogP contribution in [0.15, 0.2) is 24.7 Å². The molecule has 4 heterocycles. The van der Waals surface area contributed by atoms with Gasteiger partial charge in [-0.1, -0.05) is 6.07 Å². The minimum Gasteiger partial charge on any atom is -0.370 e. The summed E-state index contributed by atoms with van der Waals surface area (Å²) in [6.45, 7) is 4.82. The summed E-state index contributed by atoms with van der Waals surface area (Å²) >= 11 is 0. The molecular formula is C24H24FN9O2. The summed E-state index contributed by atoms with van der Waals surface area (Å²) in [7, 11) is 0. The monoisotopic (exact) mass is 489 g/mol. The molecule has 36 heavy (non-hydrogen) atoms. The zero-order valence-electron chi connectivity index (χ0n) is 19.7. The summed E-state index contributed by atoms with van der Waals surface area (Å²) in [5.41, 5.74) is 3.27. The van der Waals surface area contributed by atoms with E-state index in [-0.39, 0.29) is 29.5 Å². The molecule has 3 aliphatic rings. The van der Waals surface area contributed by atoms with Crippen molar-refractivity contribution < 1.29 is 13.9 Å². The quantitative estimate of drug-likeness (QED) is 0.531. The second-order valence-corrected chi connectivity index (χ2v) is 9.42. The number of benzene rings is 1. The van der Waals surface area contributed by atoms with Crippen LogP contribution in [-0.2, 0) is 16.0 Å². The highest BCUT2D eigenvalue weighted by Crippen LogP contribution is 2.35. The molecule has 11 nitrogen and oxygen atoms in total. The number of carbonyl (C=O) groups excluding carboxylic acids is 1. The maximum Gasteiger partial charge on any atom is 0.253 e. The van der Waals surface area contributed by atoms with Crippen molar-refractivity contribution in [3.8, 4) is 12.0 Å². The van der Waals surface area contributed by atoms with Gasteiger partial charge >= 0.3 is 0 Å². The lowest BCUT2D eigenvalue weighted by atomic mass is 9.96. The second kappa shape index (κ2) is 9.00. The highest BCUT2D eigenvalue weighted by molar-refractivity contribution is 5.85. The normalized spacial score (nSPS) is 23.7. The largest absolute Gasteiger partial charge is 0.370 e. The fourth-order valence-corrected chi connectivity index (χ4v) is 5.54. The van der Waals surface area contributed by atoms with Crippen LogP contribution in [0, 0.1) is 24.1 Å². The molecule has 0 bridgehead atoms. The molecule has 0 N–H and O–H groups in total. The van der Waals surface area contributed by atoms with Crippen molar-refractivity contribution in [1.29, 1.82) is 5.26 Å². The van der Waals surface area contributed by atoms with Crippen LogP contribution in [0.2, 0.25) is 0 Å². The Morgan fingerprint density at radius 1 is 1.25 bits per heavy atom. The predicted molar refractivity (Wildman–Crippen MR) is 122 cm³/mol. The number of nitrogens with zero attached hydrogens (tertiary/aromatic N) is 9. The molecule has 1 amide bonds. The molecular weight excluding hydrogens is 465 g/mol. The van der Waals surface area contributed by atoms with E-state index in [1.807, 2.05) is 11.0 Å². The lowest BCUT2D eigenvalue weighted by molar-refractivity contribution is -0.141. The van der Waals surface area contributed by atoms with Gasteiger partial charge in [-0.25, -0.2) is 14.4 Å². The Labute approximate surface area is 206 Å². The number of carbonyl (C=O) groups is 1. The van der Waals surface area contributed by atoms with Gasteiger partial charge in [-0.05, 0) is 47.4 Å². The molecule has 1 aliphatic carbocycles. The molecule has 6 rings (SSSR count). The Kier molecular flexibility index (Phi) is 5.66. The van der Waals surface area contributed by atoms with Crippen molar-refractivity contribution in [1.82, 2.24) is 40.0 Å². The van der Waals surface area contributed by atoms with Gasteiger partial charge in [0, 0.05) is 37.9 Å². The summed E-state index contributed by atoms with van der Waals surface area (Å²) in [6.07, 6.45) is 4.34. The summed E-state index contributed by atoms with van der Waals surface area (Å²) in [5.74, 6) is -0.266. The zero-order chi connectivity index (χ0) is 24.8. The molecule has 1 aromatic carbocycles. The third-order valence-electron chi connectivity index (χ3n) is 7.51. The lowest BCUT2D eigenvalue weighted by Gasteiger charge is -2.46. The van der Waals surface area contributed by atoms with Gasteiger partial charge in [0.2, 0.25) is 5.91 Å². The maximum atomic E-state index is 14.0. The first-order chi connectivity index (χ1) is 17.5. The number of piperazine rings is 1. The van der Waals surface area contributed by atoms with E-state index in [4.69, 9.17) is 4.74 Å². The number of aryl methyl sites for hydroxylation is 1. The summed E-state index contributed by atoms with van der Waals surface area (Å²) in [5, 5.41) is 20.4. The van der Waals surface area contributed by atoms with Crippen LogP contribution in [0.25, 0.3) is 5.95 Å². The molecule has 3 aromatic rings. The van der Waals surface area contributed by atoms with Crippen molar-refractivity contribution in [3.63, 3.8) is 0 Å². The third-order valence-corrected chi connectivity index (χ3v) is 7.51. The highest BCUT2D eigenvalue weighted by atomic mass is 19.1. The topological polar surface area (TPSA) is 126 Å². The Morgan fingerprint density at radius 3 is 2.94 bits per heavy atom. The standard InChI is InChI=1S/C24H24FN9O2/c1-14-16(2-4-20(25)18(14)8-26)22-11-32-6-7-33(10-15(32)12-36-22)23(35)17-3-5-21-19(17)9-27-24(29-21)34-13-28-30-31-34/h2,4,9,13,15,17,22H,3,5-7,10-12H2,1H3/t15-,17+,22-/m1/s1. The molecule has 2 aromatic heterocycles. The van der Waals surface area contributed by atoms with E-state index >= 15 is 0 Å². The van der Waals surface area contributed by atoms with Crippen LogP contribution in [-0.4, -0.2) is 84.7 Å². The fraction of sp³-hybridized carbons (Fsp3) is 0.458. The minimum atomic E-state index is -0.509. The van der Waals surface area contributed by atoms with E-state index in [0.717, 1.165) is 23.4 Å². The second-order valence-electron chi connectivity index (χ2n) is 9.42. The number of hydrogen-bond donors (Lipinski definition) is 0. The number of tetrazole rings is 1. The molecule has 2 fully saturated rings. The number of halogens is 1. The van der Waals surface area contributed by atoms with Gasteiger partial charge in [-0.15, -0.1) is 5.10 Å². The molecule has 0 spiro atoms. The van der Waals surface area contributed by atoms with Gasteiger partial charge in [0.1, 0.15) is 18.2 Å². The number of rotatable bonds is 3. The SMILES string of the molecule is Cc1c([C@H]2CN3CCN(C(=O)[C@H]4CCc5nc(-n6cnnn6)ncc54)C[C@@H]3CO2)ccc(F)c1C#N. The van der Waals surface area contributed by atoms with Crippen molar-refractivity contribution in [2.45, 2.75) is 37.8 Å². The Bertz CT molecular complexity index is 1360. The van der Waals surface area contributed by atoms with E-state index in [1.165, 1.54) is 17.1 Å². The lowest BCUT2D eigenvalue weighted by Crippen LogP contribution is -2.60. The molecule has 12 heteroatoms. The first-order valence-electron chi connectivity index (χ1n) is 12.0. The zero-order valence-corrected chi connectivity index (χ0v) is 19.7. The molecule has 2 saturated heterocycles. The molecule has 3 atom stereocenters. The smallest absolute Gasteiger partial charge is 0.253 e. The van der Waals surface area contributed by atoms with Gasteiger partial charge in [-0.2, -0.15) is 9.94 Å². The molecule has 2 aliphatic heterocycles. The van der Waals surface area contributed by atoms with Crippen LogP contribution in [0.1, 0.15) is 46.4 Å². The molecule has 0 radical (unpaired) electrons. The summed E-state index contributed by atoms with van der Waals surface area (Å²) < 4.78 is 21.5. The van der Waals surface area contributed by atoms with Crippen molar-refractivity contribution in [3.05, 3.63) is 58.4 Å². The van der Waals surface area contributed by atoms with Gasteiger partial charge in [0.15, 0.2) is 0 Å². The number of nitriles is 1. The fourth-order valence-electron chi connectivity index (χ4n) is 5.54. The highest BCUT2D eigenvalue weighted by Gasteiger charge is 2.39. The number of hydrogen-bond acceptors (Lipinski definition) is 9. The van der Waals surface area contributed by atoms with Crippen molar-refractivity contribution in [2.75, 3.05) is 32.8 Å². The van der Waals surface area contributed by atoms with Crippen molar-refractivity contribution >= 4 is 5.91 Å². The van der Waals surface area contributed by atoms with E-state index in [1.54, 1.807) is 19.2 Å². The molecule has 0 saturated carbocycles. The number of fused-ring (bicyclic) bond motifs is 2. The van der Waals surface area contributed by atoms with Gasteiger partial charge in [-0.3, -0.25) is 9.69 Å². The predicted octanol–water partition coefficient (Wildman–Crippen LogP) is 1.09. The Morgan fingerprint density at radius 2 is 2.14 bits per heavy atom. The van der Waals surface area contributed by atoms with Crippen LogP contribution in [0.3, 0.4) is 0 Å². The van der Waals surface area contributed by atoms with Crippen molar-refractivity contribution in [2.24, 2.45) is 0 Å². The number of amides is 1. The van der Waals surface area contributed by atoms with Crippen LogP contribution < -0.4 is 0 Å². The Hall–Kier alpha value is -3.82. The van der Waals surface area contributed by atoms with Crippen LogP contribution in [0.5, 0.6) is 0 Å². The maximum absolute atomic E-state index is 14.0. The average molecular weight is 490 g/mol. The van der Waals surface area contributed by atoms with Crippen LogP contribution in [0.4, 0.5) is 4.39 Å². The number of ether oxygens (including phenoxy) is 1. The van der Waals surface area contributed by atoms with E-state index in [2.05, 4.69) is 30.4 Å².